The maximum Gasteiger partial charge on any atom is 0.319 e. The monoisotopic (exact) mass is 310 g/mol. The van der Waals surface area contributed by atoms with Gasteiger partial charge >= 0.3 is 6.03 Å². The van der Waals surface area contributed by atoms with E-state index in [2.05, 4.69) is 22.8 Å². The van der Waals surface area contributed by atoms with E-state index in [0.717, 1.165) is 19.3 Å². The van der Waals surface area contributed by atoms with Crippen LogP contribution in [0.15, 0.2) is 42.5 Å². The summed E-state index contributed by atoms with van der Waals surface area (Å²) < 4.78 is 10.6. The zero-order chi connectivity index (χ0) is 15.6. The Hall–Kier alpha value is -2.69. The fourth-order valence-corrected chi connectivity index (χ4v) is 3.20. The molecule has 2 aromatic carbocycles. The summed E-state index contributed by atoms with van der Waals surface area (Å²) in [5.41, 5.74) is 3.24. The predicted molar refractivity (Wildman–Crippen MR) is 86.8 cm³/mol. The first-order valence-electron chi connectivity index (χ1n) is 7.84. The standard InChI is InChI=1S/C18H18N2O3/c21-18(19-13-8-9-16-17(10-13)23-11-22-16)20-15-7-3-5-12-4-1-2-6-14(12)15/h1-2,4,6,8-10,15H,3,5,7,11H2,(H2,19,20,21). The van der Waals surface area contributed by atoms with Crippen molar-refractivity contribution in [3.05, 3.63) is 53.6 Å². The highest BCUT2D eigenvalue weighted by Crippen LogP contribution is 2.34. The molecule has 0 radical (unpaired) electrons. The maximum atomic E-state index is 12.3. The van der Waals surface area contributed by atoms with Gasteiger partial charge in [0.15, 0.2) is 11.5 Å². The van der Waals surface area contributed by atoms with Crippen molar-refractivity contribution >= 4 is 11.7 Å². The topological polar surface area (TPSA) is 59.6 Å². The second-order valence-electron chi connectivity index (χ2n) is 5.81. The third-order valence-electron chi connectivity index (χ3n) is 4.31. The predicted octanol–water partition coefficient (Wildman–Crippen LogP) is 3.61. The Kier molecular flexibility index (Phi) is 3.54. The van der Waals surface area contributed by atoms with Gasteiger partial charge < -0.3 is 20.1 Å². The van der Waals surface area contributed by atoms with Crippen LogP contribution in [0.1, 0.15) is 30.0 Å². The van der Waals surface area contributed by atoms with Gasteiger partial charge in [-0.1, -0.05) is 24.3 Å². The average Bonchev–Trinajstić information content (AvgIpc) is 3.03. The minimum atomic E-state index is -0.203. The number of amides is 2. The summed E-state index contributed by atoms with van der Waals surface area (Å²) in [6.07, 6.45) is 3.13. The molecule has 0 saturated heterocycles. The summed E-state index contributed by atoms with van der Waals surface area (Å²) in [6, 6.07) is 13.5. The zero-order valence-electron chi connectivity index (χ0n) is 12.7. The molecule has 1 aliphatic carbocycles. The lowest BCUT2D eigenvalue weighted by Crippen LogP contribution is -2.34. The van der Waals surface area contributed by atoms with Crippen LogP contribution in [0.5, 0.6) is 11.5 Å². The molecule has 0 fully saturated rings. The van der Waals surface area contributed by atoms with Gasteiger partial charge in [0.2, 0.25) is 6.79 Å². The van der Waals surface area contributed by atoms with Gasteiger partial charge in [0.1, 0.15) is 0 Å². The Morgan fingerprint density at radius 3 is 2.91 bits per heavy atom. The Labute approximate surface area is 134 Å². The molecule has 0 spiro atoms. The minimum absolute atomic E-state index is 0.0639. The largest absolute Gasteiger partial charge is 0.454 e. The lowest BCUT2D eigenvalue weighted by molar-refractivity contribution is 0.174. The molecular formula is C18H18N2O3. The number of nitrogens with one attached hydrogen (secondary N) is 2. The Bertz CT molecular complexity index is 745. The molecule has 0 bridgehead atoms. The van der Waals surface area contributed by atoms with Crippen LogP contribution in [-0.2, 0) is 6.42 Å². The van der Waals surface area contributed by atoms with Crippen molar-refractivity contribution < 1.29 is 14.3 Å². The molecule has 1 aliphatic heterocycles. The van der Waals surface area contributed by atoms with Crippen molar-refractivity contribution in [3.63, 3.8) is 0 Å². The summed E-state index contributed by atoms with van der Waals surface area (Å²) >= 11 is 0. The number of rotatable bonds is 2. The van der Waals surface area contributed by atoms with Crippen LogP contribution in [0.2, 0.25) is 0 Å². The molecule has 2 N–H and O–H groups in total. The highest BCUT2D eigenvalue weighted by atomic mass is 16.7. The van der Waals surface area contributed by atoms with Gasteiger partial charge in [0, 0.05) is 11.8 Å². The molecule has 4 rings (SSSR count). The van der Waals surface area contributed by atoms with Crippen LogP contribution >= 0.6 is 0 Å². The molecule has 23 heavy (non-hydrogen) atoms. The van der Waals surface area contributed by atoms with Crippen molar-refractivity contribution in [3.8, 4) is 11.5 Å². The lowest BCUT2D eigenvalue weighted by Gasteiger charge is -2.26. The van der Waals surface area contributed by atoms with Gasteiger partial charge in [0.25, 0.3) is 0 Å². The molecule has 118 valence electrons. The molecule has 2 amide bonds. The summed E-state index contributed by atoms with van der Waals surface area (Å²) in [5, 5.41) is 5.93. The fourth-order valence-electron chi connectivity index (χ4n) is 3.20. The van der Waals surface area contributed by atoms with Crippen LogP contribution in [0.4, 0.5) is 10.5 Å². The fraction of sp³-hybridized carbons (Fsp3) is 0.278. The SMILES string of the molecule is O=C(Nc1ccc2c(c1)OCO2)NC1CCCc2ccccc21. The van der Waals surface area contributed by atoms with E-state index in [1.807, 2.05) is 18.2 Å². The molecule has 5 heteroatoms. The first-order chi connectivity index (χ1) is 11.3. The van der Waals surface area contributed by atoms with Crippen LogP contribution in [0, 0.1) is 0 Å². The van der Waals surface area contributed by atoms with Crippen LogP contribution in [0.3, 0.4) is 0 Å². The Morgan fingerprint density at radius 1 is 1.09 bits per heavy atom. The number of carbonyl (C=O) groups excluding carboxylic acids is 1. The molecule has 1 heterocycles. The van der Waals surface area contributed by atoms with E-state index >= 15 is 0 Å². The third-order valence-corrected chi connectivity index (χ3v) is 4.31. The molecule has 1 unspecified atom stereocenters. The summed E-state index contributed by atoms with van der Waals surface area (Å²) in [7, 11) is 0. The molecular weight excluding hydrogens is 292 g/mol. The number of hydrogen-bond donors (Lipinski definition) is 2. The van der Waals surface area contributed by atoms with Gasteiger partial charge in [-0.25, -0.2) is 4.79 Å². The smallest absolute Gasteiger partial charge is 0.319 e. The van der Waals surface area contributed by atoms with E-state index in [1.54, 1.807) is 12.1 Å². The number of anilines is 1. The van der Waals surface area contributed by atoms with E-state index in [0.29, 0.717) is 17.2 Å². The summed E-state index contributed by atoms with van der Waals surface area (Å²) in [5.74, 6) is 1.36. The summed E-state index contributed by atoms with van der Waals surface area (Å²) in [4.78, 5) is 12.3. The number of aryl methyl sites for hydroxylation is 1. The summed E-state index contributed by atoms with van der Waals surface area (Å²) in [6.45, 7) is 0.226. The number of fused-ring (bicyclic) bond motifs is 2. The van der Waals surface area contributed by atoms with Crippen molar-refractivity contribution in [2.45, 2.75) is 25.3 Å². The van der Waals surface area contributed by atoms with E-state index in [9.17, 15) is 4.79 Å². The molecule has 0 saturated carbocycles. The lowest BCUT2D eigenvalue weighted by atomic mass is 9.88. The second kappa shape index (κ2) is 5.83. The van der Waals surface area contributed by atoms with Crippen LogP contribution in [0.25, 0.3) is 0 Å². The molecule has 5 nitrogen and oxygen atoms in total. The molecule has 2 aliphatic rings. The number of ether oxygens (including phenoxy) is 2. The highest BCUT2D eigenvalue weighted by Gasteiger charge is 2.21. The number of urea groups is 1. The van der Waals surface area contributed by atoms with Gasteiger partial charge in [-0.2, -0.15) is 0 Å². The van der Waals surface area contributed by atoms with Gasteiger partial charge in [-0.05, 0) is 42.5 Å². The van der Waals surface area contributed by atoms with E-state index < -0.39 is 0 Å². The highest BCUT2D eigenvalue weighted by molar-refractivity contribution is 5.90. The minimum Gasteiger partial charge on any atom is -0.454 e. The Balaban J connectivity index is 1.45. The van der Waals surface area contributed by atoms with Crippen molar-refractivity contribution in [2.24, 2.45) is 0 Å². The number of carbonyl (C=O) groups is 1. The van der Waals surface area contributed by atoms with E-state index in [4.69, 9.17) is 9.47 Å². The average molecular weight is 310 g/mol. The van der Waals surface area contributed by atoms with Crippen LogP contribution < -0.4 is 20.1 Å². The number of hydrogen-bond acceptors (Lipinski definition) is 3. The zero-order valence-corrected chi connectivity index (χ0v) is 12.7. The second-order valence-corrected chi connectivity index (χ2v) is 5.81. The van der Waals surface area contributed by atoms with Crippen molar-refractivity contribution in [1.82, 2.24) is 5.32 Å². The van der Waals surface area contributed by atoms with Crippen LogP contribution in [-0.4, -0.2) is 12.8 Å². The molecule has 1 atom stereocenters. The first kappa shape index (κ1) is 13.9. The van der Waals surface area contributed by atoms with Gasteiger partial charge in [0.05, 0.1) is 6.04 Å². The van der Waals surface area contributed by atoms with Gasteiger partial charge in [-0.3, -0.25) is 0 Å². The number of benzene rings is 2. The van der Waals surface area contributed by atoms with E-state index in [-0.39, 0.29) is 18.9 Å². The van der Waals surface area contributed by atoms with E-state index in [1.165, 1.54) is 11.1 Å². The molecule has 0 aromatic heterocycles. The van der Waals surface area contributed by atoms with Crippen molar-refractivity contribution in [2.75, 3.05) is 12.1 Å². The van der Waals surface area contributed by atoms with Gasteiger partial charge in [-0.15, -0.1) is 0 Å². The Morgan fingerprint density at radius 2 is 1.96 bits per heavy atom. The quantitative estimate of drug-likeness (QED) is 0.890. The van der Waals surface area contributed by atoms with Crippen molar-refractivity contribution in [1.29, 1.82) is 0 Å². The first-order valence-corrected chi connectivity index (χ1v) is 7.84. The normalized spacial score (nSPS) is 18.2. The maximum absolute atomic E-state index is 12.3. The molecule has 2 aromatic rings. The third kappa shape index (κ3) is 2.82.